The number of benzene rings is 2. The predicted octanol–water partition coefficient (Wildman–Crippen LogP) is 4.44. The zero-order valence-electron chi connectivity index (χ0n) is 13.1. The Kier molecular flexibility index (Phi) is 5.40. The van der Waals surface area contributed by atoms with Crippen LogP contribution in [0.1, 0.15) is 43.5 Å². The SMILES string of the molecule is CC(C)Cc1ccc(C(C)NCc2cccc(O)c2)cc1. The fraction of sp³-hybridized carbons (Fsp3) is 0.368. The molecule has 0 saturated heterocycles. The van der Waals surface area contributed by atoms with Gasteiger partial charge in [0, 0.05) is 12.6 Å². The molecule has 2 aromatic rings. The quantitative estimate of drug-likeness (QED) is 0.821. The molecule has 1 unspecified atom stereocenters. The van der Waals surface area contributed by atoms with Crippen molar-refractivity contribution in [1.29, 1.82) is 0 Å². The van der Waals surface area contributed by atoms with Crippen molar-refractivity contribution in [2.45, 2.75) is 39.8 Å². The average molecular weight is 283 g/mol. The van der Waals surface area contributed by atoms with E-state index in [1.807, 2.05) is 12.1 Å². The van der Waals surface area contributed by atoms with Gasteiger partial charge < -0.3 is 10.4 Å². The highest BCUT2D eigenvalue weighted by atomic mass is 16.3. The minimum Gasteiger partial charge on any atom is -0.508 e. The Hall–Kier alpha value is -1.80. The van der Waals surface area contributed by atoms with Crippen molar-refractivity contribution in [1.82, 2.24) is 5.32 Å². The monoisotopic (exact) mass is 283 g/mol. The van der Waals surface area contributed by atoms with Crippen LogP contribution in [0.2, 0.25) is 0 Å². The fourth-order valence-corrected chi connectivity index (χ4v) is 2.47. The van der Waals surface area contributed by atoms with Gasteiger partial charge in [-0.25, -0.2) is 0 Å². The lowest BCUT2D eigenvalue weighted by molar-refractivity contribution is 0.473. The Labute approximate surface area is 127 Å². The maximum absolute atomic E-state index is 9.47. The Morgan fingerprint density at radius 3 is 2.29 bits per heavy atom. The van der Waals surface area contributed by atoms with Crippen molar-refractivity contribution in [2.24, 2.45) is 5.92 Å². The molecule has 2 heteroatoms. The van der Waals surface area contributed by atoms with Gasteiger partial charge in [-0.3, -0.25) is 0 Å². The third kappa shape index (κ3) is 4.91. The van der Waals surface area contributed by atoms with Crippen LogP contribution >= 0.6 is 0 Å². The summed E-state index contributed by atoms with van der Waals surface area (Å²) < 4.78 is 0. The van der Waals surface area contributed by atoms with Gasteiger partial charge in [0.05, 0.1) is 0 Å². The average Bonchev–Trinajstić information content (AvgIpc) is 2.45. The van der Waals surface area contributed by atoms with E-state index in [1.54, 1.807) is 12.1 Å². The summed E-state index contributed by atoms with van der Waals surface area (Å²) in [6.07, 6.45) is 1.13. The Balaban J connectivity index is 1.92. The summed E-state index contributed by atoms with van der Waals surface area (Å²) in [4.78, 5) is 0. The van der Waals surface area contributed by atoms with Crippen LogP contribution in [0.25, 0.3) is 0 Å². The van der Waals surface area contributed by atoms with Crippen LogP contribution < -0.4 is 5.32 Å². The van der Waals surface area contributed by atoms with E-state index in [0.717, 1.165) is 18.5 Å². The van der Waals surface area contributed by atoms with E-state index >= 15 is 0 Å². The molecule has 0 radical (unpaired) electrons. The molecular weight excluding hydrogens is 258 g/mol. The van der Waals surface area contributed by atoms with Gasteiger partial charge in [0.1, 0.15) is 5.75 Å². The Morgan fingerprint density at radius 1 is 0.952 bits per heavy atom. The first kappa shape index (κ1) is 15.6. The van der Waals surface area contributed by atoms with E-state index in [4.69, 9.17) is 0 Å². The molecule has 0 saturated carbocycles. The Bertz CT molecular complexity index is 560. The predicted molar refractivity (Wildman–Crippen MR) is 88.3 cm³/mol. The molecule has 112 valence electrons. The lowest BCUT2D eigenvalue weighted by Gasteiger charge is -2.15. The molecule has 0 bridgehead atoms. The highest BCUT2D eigenvalue weighted by Gasteiger charge is 2.06. The molecule has 2 nitrogen and oxygen atoms in total. The molecule has 1 atom stereocenters. The second-order valence-electron chi connectivity index (χ2n) is 6.11. The summed E-state index contributed by atoms with van der Waals surface area (Å²) in [5, 5.41) is 13.0. The van der Waals surface area contributed by atoms with E-state index in [0.29, 0.717) is 17.7 Å². The van der Waals surface area contributed by atoms with Crippen LogP contribution in [0, 0.1) is 5.92 Å². The highest BCUT2D eigenvalue weighted by molar-refractivity contribution is 5.28. The molecule has 0 fully saturated rings. The summed E-state index contributed by atoms with van der Waals surface area (Å²) in [6, 6.07) is 16.5. The number of hydrogen-bond acceptors (Lipinski definition) is 2. The molecule has 21 heavy (non-hydrogen) atoms. The van der Waals surface area contributed by atoms with Crippen molar-refractivity contribution in [2.75, 3.05) is 0 Å². The van der Waals surface area contributed by atoms with Crippen molar-refractivity contribution >= 4 is 0 Å². The first-order chi connectivity index (χ1) is 10.0. The summed E-state index contributed by atoms with van der Waals surface area (Å²) in [5.74, 6) is 1.01. The lowest BCUT2D eigenvalue weighted by atomic mass is 10.00. The molecular formula is C19H25NO. The van der Waals surface area contributed by atoms with Crippen LogP contribution in [0.3, 0.4) is 0 Å². The zero-order valence-corrected chi connectivity index (χ0v) is 13.1. The summed E-state index contributed by atoms with van der Waals surface area (Å²) >= 11 is 0. The van der Waals surface area contributed by atoms with Crippen LogP contribution in [-0.4, -0.2) is 5.11 Å². The van der Waals surface area contributed by atoms with Gasteiger partial charge in [-0.05, 0) is 48.1 Å². The van der Waals surface area contributed by atoms with Crippen molar-refractivity contribution in [3.8, 4) is 5.75 Å². The topological polar surface area (TPSA) is 32.3 Å². The standard InChI is InChI=1S/C19H25NO/c1-14(2)11-16-7-9-18(10-8-16)15(3)20-13-17-5-4-6-19(21)12-17/h4-10,12,14-15,20-21H,11,13H2,1-3H3. The minimum atomic E-state index is 0.292. The number of rotatable bonds is 6. The number of aromatic hydroxyl groups is 1. The van der Waals surface area contributed by atoms with Crippen molar-refractivity contribution < 1.29 is 5.11 Å². The van der Waals surface area contributed by atoms with E-state index in [9.17, 15) is 5.11 Å². The molecule has 2 aromatic carbocycles. The number of hydrogen-bond donors (Lipinski definition) is 2. The fourth-order valence-electron chi connectivity index (χ4n) is 2.47. The van der Waals surface area contributed by atoms with Gasteiger partial charge in [0.2, 0.25) is 0 Å². The first-order valence-electron chi connectivity index (χ1n) is 7.64. The van der Waals surface area contributed by atoms with Gasteiger partial charge in [0.25, 0.3) is 0 Å². The molecule has 0 spiro atoms. The van der Waals surface area contributed by atoms with E-state index < -0.39 is 0 Å². The minimum absolute atomic E-state index is 0.292. The van der Waals surface area contributed by atoms with Crippen LogP contribution in [0.4, 0.5) is 0 Å². The third-order valence-corrected chi connectivity index (χ3v) is 3.65. The normalized spacial score (nSPS) is 12.6. The van der Waals surface area contributed by atoms with E-state index in [-0.39, 0.29) is 0 Å². The molecule has 0 amide bonds. The molecule has 2 rings (SSSR count). The Morgan fingerprint density at radius 2 is 1.67 bits per heavy atom. The molecule has 0 aliphatic heterocycles. The molecule has 0 heterocycles. The van der Waals surface area contributed by atoms with Gasteiger partial charge in [0.15, 0.2) is 0 Å². The first-order valence-corrected chi connectivity index (χ1v) is 7.64. The summed E-state index contributed by atoms with van der Waals surface area (Å²) in [7, 11) is 0. The van der Waals surface area contributed by atoms with Crippen LogP contribution in [0.5, 0.6) is 5.75 Å². The molecule has 0 aliphatic carbocycles. The number of phenols is 1. The number of nitrogens with one attached hydrogen (secondary N) is 1. The summed E-state index contributed by atoms with van der Waals surface area (Å²) in [5.41, 5.74) is 3.79. The third-order valence-electron chi connectivity index (χ3n) is 3.65. The largest absolute Gasteiger partial charge is 0.508 e. The second kappa shape index (κ2) is 7.28. The highest BCUT2D eigenvalue weighted by Crippen LogP contribution is 2.17. The van der Waals surface area contributed by atoms with Gasteiger partial charge in [-0.15, -0.1) is 0 Å². The van der Waals surface area contributed by atoms with Crippen LogP contribution in [-0.2, 0) is 13.0 Å². The smallest absolute Gasteiger partial charge is 0.115 e. The summed E-state index contributed by atoms with van der Waals surface area (Å²) in [6.45, 7) is 7.41. The van der Waals surface area contributed by atoms with Crippen molar-refractivity contribution in [3.63, 3.8) is 0 Å². The maximum atomic E-state index is 9.47. The zero-order chi connectivity index (χ0) is 15.2. The second-order valence-corrected chi connectivity index (χ2v) is 6.11. The van der Waals surface area contributed by atoms with Gasteiger partial charge in [-0.2, -0.15) is 0 Å². The molecule has 0 aliphatic rings. The molecule has 2 N–H and O–H groups in total. The van der Waals surface area contributed by atoms with Crippen molar-refractivity contribution in [3.05, 3.63) is 65.2 Å². The van der Waals surface area contributed by atoms with Gasteiger partial charge >= 0.3 is 0 Å². The number of phenolic OH excluding ortho intramolecular Hbond substituents is 1. The molecule has 0 aromatic heterocycles. The van der Waals surface area contributed by atoms with Gasteiger partial charge in [-0.1, -0.05) is 50.2 Å². The maximum Gasteiger partial charge on any atom is 0.115 e. The van der Waals surface area contributed by atoms with E-state index in [2.05, 4.69) is 50.4 Å². The van der Waals surface area contributed by atoms with Crippen LogP contribution in [0.15, 0.2) is 48.5 Å². The van der Waals surface area contributed by atoms with E-state index in [1.165, 1.54) is 11.1 Å². The lowest BCUT2D eigenvalue weighted by Crippen LogP contribution is -2.18.